The third kappa shape index (κ3) is 3.36. The van der Waals surface area contributed by atoms with Gasteiger partial charge in [0.15, 0.2) is 0 Å². The number of rotatable bonds is 4. The molecule has 21 heavy (non-hydrogen) atoms. The first-order valence-corrected chi connectivity index (χ1v) is 7.61. The number of aliphatic hydroxyl groups is 1. The summed E-state index contributed by atoms with van der Waals surface area (Å²) in [7, 11) is 0. The standard InChI is InChI=1S/C16H22FNO3/c17-13-2-4-14(5-3-13)20-11-9-18-8-6-15(19)16(12-18)7-1-10-21-16/h2-5,15,19H,1,6-12H2/t15-,16-/m0/s1. The zero-order valence-corrected chi connectivity index (χ0v) is 12.1. The van der Waals surface area contributed by atoms with Crippen LogP contribution in [0.5, 0.6) is 5.75 Å². The normalized spacial score (nSPS) is 29.9. The Kier molecular flexibility index (Phi) is 4.42. The molecule has 2 aliphatic heterocycles. The minimum atomic E-state index is -0.367. The second kappa shape index (κ2) is 6.30. The van der Waals surface area contributed by atoms with E-state index in [0.29, 0.717) is 12.4 Å². The quantitative estimate of drug-likeness (QED) is 0.920. The van der Waals surface area contributed by atoms with E-state index in [2.05, 4.69) is 4.90 Å². The van der Waals surface area contributed by atoms with Crippen LogP contribution in [0.4, 0.5) is 4.39 Å². The van der Waals surface area contributed by atoms with Crippen molar-refractivity contribution in [2.45, 2.75) is 31.0 Å². The van der Waals surface area contributed by atoms with Crippen molar-refractivity contribution < 1.29 is 19.0 Å². The fraction of sp³-hybridized carbons (Fsp3) is 0.625. The van der Waals surface area contributed by atoms with Crippen molar-refractivity contribution in [3.63, 3.8) is 0 Å². The molecule has 3 rings (SSSR count). The van der Waals surface area contributed by atoms with Crippen LogP contribution in [0.1, 0.15) is 19.3 Å². The number of likely N-dealkylation sites (tertiary alicyclic amines) is 1. The van der Waals surface area contributed by atoms with E-state index in [-0.39, 0.29) is 17.5 Å². The Hall–Kier alpha value is -1.17. The van der Waals surface area contributed by atoms with Crippen molar-refractivity contribution in [1.29, 1.82) is 0 Å². The fourth-order valence-corrected chi connectivity index (χ4v) is 3.25. The van der Waals surface area contributed by atoms with Gasteiger partial charge in [-0.3, -0.25) is 4.90 Å². The lowest BCUT2D eigenvalue weighted by atomic mass is 9.87. The van der Waals surface area contributed by atoms with Crippen molar-refractivity contribution in [3.05, 3.63) is 30.1 Å². The summed E-state index contributed by atoms with van der Waals surface area (Å²) in [5.41, 5.74) is -0.367. The van der Waals surface area contributed by atoms with Gasteiger partial charge in [-0.15, -0.1) is 0 Å². The minimum absolute atomic E-state index is 0.257. The SMILES string of the molecule is O[C@H]1CCN(CCOc2ccc(F)cc2)C[C@@]12CCCO2. The van der Waals surface area contributed by atoms with Crippen LogP contribution >= 0.6 is 0 Å². The van der Waals surface area contributed by atoms with Gasteiger partial charge < -0.3 is 14.6 Å². The van der Waals surface area contributed by atoms with Crippen LogP contribution in [-0.2, 0) is 4.74 Å². The van der Waals surface area contributed by atoms with E-state index >= 15 is 0 Å². The highest BCUT2D eigenvalue weighted by Crippen LogP contribution is 2.34. The van der Waals surface area contributed by atoms with Gasteiger partial charge in [-0.2, -0.15) is 0 Å². The second-order valence-electron chi connectivity index (χ2n) is 5.90. The summed E-state index contributed by atoms with van der Waals surface area (Å²) in [6.45, 7) is 3.71. The highest BCUT2D eigenvalue weighted by atomic mass is 19.1. The lowest BCUT2D eigenvalue weighted by molar-refractivity contribution is -0.131. The molecule has 0 unspecified atom stereocenters. The Morgan fingerprint density at radius 1 is 1.38 bits per heavy atom. The van der Waals surface area contributed by atoms with E-state index in [1.54, 1.807) is 12.1 Å². The topological polar surface area (TPSA) is 41.9 Å². The van der Waals surface area contributed by atoms with E-state index in [9.17, 15) is 9.50 Å². The number of hydrogen-bond acceptors (Lipinski definition) is 4. The fourth-order valence-electron chi connectivity index (χ4n) is 3.25. The molecular formula is C16H22FNO3. The Bertz CT molecular complexity index is 459. The van der Waals surface area contributed by atoms with E-state index in [1.165, 1.54) is 12.1 Å². The average Bonchev–Trinajstić information content (AvgIpc) is 2.94. The molecule has 2 fully saturated rings. The zero-order chi connectivity index (χ0) is 14.7. The Morgan fingerprint density at radius 3 is 2.90 bits per heavy atom. The number of hydrogen-bond donors (Lipinski definition) is 1. The molecule has 2 saturated heterocycles. The first-order valence-electron chi connectivity index (χ1n) is 7.61. The number of nitrogens with zero attached hydrogens (tertiary/aromatic N) is 1. The van der Waals surface area contributed by atoms with Crippen LogP contribution in [0.3, 0.4) is 0 Å². The summed E-state index contributed by atoms with van der Waals surface area (Å²) in [6, 6.07) is 6.07. The summed E-state index contributed by atoms with van der Waals surface area (Å²) < 4.78 is 24.3. The monoisotopic (exact) mass is 295 g/mol. The summed E-state index contributed by atoms with van der Waals surface area (Å²) >= 11 is 0. The summed E-state index contributed by atoms with van der Waals surface area (Å²) in [5, 5.41) is 10.2. The van der Waals surface area contributed by atoms with E-state index in [1.807, 2.05) is 0 Å². The van der Waals surface area contributed by atoms with Crippen molar-refractivity contribution in [2.75, 3.05) is 32.8 Å². The highest BCUT2D eigenvalue weighted by molar-refractivity contribution is 5.22. The van der Waals surface area contributed by atoms with Crippen LogP contribution in [0.25, 0.3) is 0 Å². The van der Waals surface area contributed by atoms with Gasteiger partial charge in [0.2, 0.25) is 0 Å². The van der Waals surface area contributed by atoms with Gasteiger partial charge in [0, 0.05) is 26.2 Å². The van der Waals surface area contributed by atoms with Gasteiger partial charge in [-0.25, -0.2) is 4.39 Å². The van der Waals surface area contributed by atoms with Gasteiger partial charge >= 0.3 is 0 Å². The van der Waals surface area contributed by atoms with E-state index in [4.69, 9.17) is 9.47 Å². The molecule has 0 amide bonds. The number of aliphatic hydroxyl groups excluding tert-OH is 1. The largest absolute Gasteiger partial charge is 0.492 e. The van der Waals surface area contributed by atoms with Crippen LogP contribution in [0.2, 0.25) is 0 Å². The van der Waals surface area contributed by atoms with Gasteiger partial charge in [-0.05, 0) is 43.5 Å². The molecule has 1 aromatic carbocycles. The molecule has 4 nitrogen and oxygen atoms in total. The molecule has 1 aromatic rings. The maximum Gasteiger partial charge on any atom is 0.123 e. The van der Waals surface area contributed by atoms with Crippen molar-refractivity contribution in [1.82, 2.24) is 4.90 Å². The van der Waals surface area contributed by atoms with Crippen LogP contribution in [-0.4, -0.2) is 54.6 Å². The predicted molar refractivity (Wildman–Crippen MR) is 76.9 cm³/mol. The van der Waals surface area contributed by atoms with Crippen LogP contribution < -0.4 is 4.74 Å². The summed E-state index contributed by atoms with van der Waals surface area (Å²) in [5.74, 6) is 0.424. The zero-order valence-electron chi connectivity index (χ0n) is 12.1. The first kappa shape index (κ1) is 14.8. The third-order valence-corrected chi connectivity index (χ3v) is 4.44. The maximum absolute atomic E-state index is 12.8. The molecule has 0 bridgehead atoms. The molecule has 1 spiro atoms. The van der Waals surface area contributed by atoms with Crippen molar-refractivity contribution >= 4 is 0 Å². The average molecular weight is 295 g/mol. The Morgan fingerprint density at radius 2 is 2.19 bits per heavy atom. The Labute approximate surface area is 124 Å². The smallest absolute Gasteiger partial charge is 0.123 e. The van der Waals surface area contributed by atoms with Gasteiger partial charge in [0.25, 0.3) is 0 Å². The second-order valence-corrected chi connectivity index (χ2v) is 5.90. The molecule has 2 aliphatic rings. The van der Waals surface area contributed by atoms with Crippen LogP contribution in [0, 0.1) is 5.82 Å². The first-order chi connectivity index (χ1) is 10.2. The molecule has 5 heteroatoms. The molecule has 0 saturated carbocycles. The Balaban J connectivity index is 1.48. The molecule has 2 atom stereocenters. The molecule has 1 N–H and O–H groups in total. The van der Waals surface area contributed by atoms with Crippen LogP contribution in [0.15, 0.2) is 24.3 Å². The number of piperidine rings is 1. The van der Waals surface area contributed by atoms with Gasteiger partial charge in [0.1, 0.15) is 23.8 Å². The lowest BCUT2D eigenvalue weighted by Gasteiger charge is -2.43. The van der Waals surface area contributed by atoms with E-state index in [0.717, 1.165) is 45.5 Å². The molecule has 2 heterocycles. The van der Waals surface area contributed by atoms with Crippen molar-refractivity contribution in [2.24, 2.45) is 0 Å². The van der Waals surface area contributed by atoms with E-state index < -0.39 is 0 Å². The molecular weight excluding hydrogens is 273 g/mol. The molecule has 116 valence electrons. The van der Waals surface area contributed by atoms with Gasteiger partial charge in [-0.1, -0.05) is 0 Å². The third-order valence-electron chi connectivity index (χ3n) is 4.44. The summed E-state index contributed by atoms with van der Waals surface area (Å²) in [4.78, 5) is 2.28. The lowest BCUT2D eigenvalue weighted by Crippen LogP contribution is -2.57. The number of halogens is 1. The maximum atomic E-state index is 12.8. The molecule has 0 aromatic heterocycles. The number of ether oxygens (including phenoxy) is 2. The number of benzene rings is 1. The predicted octanol–water partition coefficient (Wildman–Crippen LogP) is 1.82. The summed E-state index contributed by atoms with van der Waals surface area (Å²) in [6.07, 6.45) is 2.35. The highest BCUT2D eigenvalue weighted by Gasteiger charge is 2.45. The van der Waals surface area contributed by atoms with Gasteiger partial charge in [0.05, 0.1) is 6.10 Å². The molecule has 0 aliphatic carbocycles. The van der Waals surface area contributed by atoms with Crippen molar-refractivity contribution in [3.8, 4) is 5.75 Å². The minimum Gasteiger partial charge on any atom is -0.492 e. The molecule has 0 radical (unpaired) electrons.